The van der Waals surface area contributed by atoms with Gasteiger partial charge in [0.2, 0.25) is 5.16 Å². The van der Waals surface area contributed by atoms with Gasteiger partial charge in [-0.15, -0.1) is 5.10 Å². The van der Waals surface area contributed by atoms with Crippen molar-refractivity contribution in [2.45, 2.75) is 43.2 Å². The number of para-hydroxylation sites is 1. The number of hydrogen-bond donors (Lipinski definition) is 2. The second-order valence-electron chi connectivity index (χ2n) is 9.35. The van der Waals surface area contributed by atoms with E-state index in [1.165, 1.54) is 17.8 Å². The predicted octanol–water partition coefficient (Wildman–Crippen LogP) is 4.90. The van der Waals surface area contributed by atoms with Gasteiger partial charge in [-0.25, -0.2) is 4.79 Å². The van der Waals surface area contributed by atoms with E-state index >= 15 is 0 Å². The molecule has 1 amide bonds. The van der Waals surface area contributed by atoms with E-state index in [-0.39, 0.29) is 25.4 Å². The molecule has 1 fully saturated rings. The van der Waals surface area contributed by atoms with E-state index < -0.39 is 12.4 Å². The molecule has 212 valence electrons. The molecule has 1 aliphatic rings. The lowest BCUT2D eigenvalue weighted by Crippen LogP contribution is -2.31. The largest absolute Gasteiger partial charge is 0.445 e. The molecule has 0 spiro atoms. The molecule has 1 saturated heterocycles. The van der Waals surface area contributed by atoms with Crippen LogP contribution in [0.1, 0.15) is 41.1 Å². The van der Waals surface area contributed by atoms with Gasteiger partial charge in [0.25, 0.3) is 0 Å². The number of nitrogens with zero attached hydrogens (tertiary/aromatic N) is 4. The summed E-state index contributed by atoms with van der Waals surface area (Å²) in [5.41, 5.74) is 4.52. The van der Waals surface area contributed by atoms with Crippen molar-refractivity contribution < 1.29 is 24.1 Å². The Balaban J connectivity index is 1.29. The summed E-state index contributed by atoms with van der Waals surface area (Å²) in [5.74, 6) is 0.618. The number of aliphatic hydroxyl groups excluding tert-OH is 1. The van der Waals surface area contributed by atoms with Gasteiger partial charge in [0.15, 0.2) is 6.29 Å². The van der Waals surface area contributed by atoms with Gasteiger partial charge in [-0.2, -0.15) is 4.68 Å². The van der Waals surface area contributed by atoms with E-state index in [9.17, 15) is 9.90 Å². The Hall–Kier alpha value is -4.03. The van der Waals surface area contributed by atoms with Crippen molar-refractivity contribution in [2.24, 2.45) is 0 Å². The number of carbonyl (C=O) groups is 1. The highest BCUT2D eigenvalue weighted by atomic mass is 32.2. The SMILES string of the molecule is C=CCOC(=O)NCc1ccc([C@H]2O[C@@H](CSc3nnnn3-c3ccccc3)C[C@@H](c3ccc(CO)cc3)O2)cc1. The van der Waals surface area contributed by atoms with Crippen LogP contribution in [0, 0.1) is 0 Å². The van der Waals surface area contributed by atoms with Gasteiger partial charge in [-0.1, -0.05) is 91.1 Å². The fraction of sp³-hybridized carbons (Fsp3) is 0.267. The number of nitrogens with one attached hydrogen (secondary N) is 1. The Labute approximate surface area is 242 Å². The number of ether oxygens (including phenoxy) is 3. The molecule has 4 aromatic rings. The molecule has 1 aliphatic heterocycles. The van der Waals surface area contributed by atoms with Gasteiger partial charge in [0.1, 0.15) is 6.61 Å². The highest BCUT2D eigenvalue weighted by molar-refractivity contribution is 7.99. The number of thioether (sulfide) groups is 1. The minimum absolute atomic E-state index is 0.0138. The summed E-state index contributed by atoms with van der Waals surface area (Å²) in [7, 11) is 0. The Bertz CT molecular complexity index is 1420. The number of hydrogen-bond acceptors (Lipinski definition) is 9. The van der Waals surface area contributed by atoms with Gasteiger partial charge in [-0.3, -0.25) is 0 Å². The van der Waals surface area contributed by atoms with Crippen molar-refractivity contribution in [3.63, 3.8) is 0 Å². The second-order valence-corrected chi connectivity index (χ2v) is 10.3. The van der Waals surface area contributed by atoms with Crippen LogP contribution in [-0.4, -0.2) is 49.9 Å². The number of tetrazole rings is 1. The van der Waals surface area contributed by atoms with E-state index in [1.807, 2.05) is 78.9 Å². The predicted molar refractivity (Wildman–Crippen MR) is 153 cm³/mol. The molecule has 0 saturated carbocycles. The van der Waals surface area contributed by atoms with Crippen molar-refractivity contribution in [3.8, 4) is 5.69 Å². The maximum absolute atomic E-state index is 11.7. The van der Waals surface area contributed by atoms with Crippen LogP contribution in [0.25, 0.3) is 5.69 Å². The number of alkyl carbamates (subject to hydrolysis) is 1. The van der Waals surface area contributed by atoms with Crippen LogP contribution in [-0.2, 0) is 27.4 Å². The summed E-state index contributed by atoms with van der Waals surface area (Å²) >= 11 is 1.53. The van der Waals surface area contributed by atoms with Crippen LogP contribution in [0.5, 0.6) is 0 Å². The first-order chi connectivity index (χ1) is 20.1. The zero-order chi connectivity index (χ0) is 28.4. The average Bonchev–Trinajstić information content (AvgIpc) is 3.51. The monoisotopic (exact) mass is 573 g/mol. The van der Waals surface area contributed by atoms with Crippen LogP contribution in [0.3, 0.4) is 0 Å². The first-order valence-electron chi connectivity index (χ1n) is 13.2. The summed E-state index contributed by atoms with van der Waals surface area (Å²) in [6.07, 6.45) is 0.706. The quantitative estimate of drug-likeness (QED) is 0.191. The Morgan fingerprint density at radius 1 is 1.05 bits per heavy atom. The number of carbonyl (C=O) groups excluding carboxylic acids is 1. The first kappa shape index (κ1) is 28.5. The van der Waals surface area contributed by atoms with Crippen molar-refractivity contribution in [1.82, 2.24) is 25.5 Å². The molecule has 5 rings (SSSR count). The van der Waals surface area contributed by atoms with E-state index in [0.717, 1.165) is 27.9 Å². The molecule has 0 radical (unpaired) electrons. The molecule has 2 N–H and O–H groups in total. The number of aromatic nitrogens is 4. The summed E-state index contributed by atoms with van der Waals surface area (Å²) in [6, 6.07) is 25.3. The highest BCUT2D eigenvalue weighted by Crippen LogP contribution is 2.39. The van der Waals surface area contributed by atoms with Crippen LogP contribution < -0.4 is 5.32 Å². The van der Waals surface area contributed by atoms with Crippen LogP contribution in [0.15, 0.2) is 96.7 Å². The molecule has 3 aromatic carbocycles. The lowest BCUT2D eigenvalue weighted by molar-refractivity contribution is -0.245. The third-order valence-electron chi connectivity index (χ3n) is 6.48. The van der Waals surface area contributed by atoms with E-state index in [1.54, 1.807) is 4.68 Å². The first-order valence-corrected chi connectivity index (χ1v) is 14.2. The number of rotatable bonds is 11. The Morgan fingerprint density at radius 3 is 2.51 bits per heavy atom. The minimum Gasteiger partial charge on any atom is -0.445 e. The molecule has 41 heavy (non-hydrogen) atoms. The van der Waals surface area contributed by atoms with E-state index in [4.69, 9.17) is 14.2 Å². The maximum atomic E-state index is 11.7. The van der Waals surface area contributed by atoms with Crippen LogP contribution in [0.2, 0.25) is 0 Å². The van der Waals surface area contributed by atoms with Crippen LogP contribution in [0.4, 0.5) is 4.79 Å². The van der Waals surface area contributed by atoms with Crippen molar-refractivity contribution in [1.29, 1.82) is 0 Å². The van der Waals surface area contributed by atoms with Crippen molar-refractivity contribution in [3.05, 3.63) is 114 Å². The number of amides is 1. The number of aliphatic hydroxyl groups is 1. The van der Waals surface area contributed by atoms with E-state index in [0.29, 0.717) is 23.9 Å². The fourth-order valence-corrected chi connectivity index (χ4v) is 5.25. The summed E-state index contributed by atoms with van der Waals surface area (Å²) in [6.45, 7) is 4.01. The van der Waals surface area contributed by atoms with Gasteiger partial charge in [-0.05, 0) is 39.2 Å². The second kappa shape index (κ2) is 14.0. The van der Waals surface area contributed by atoms with Crippen molar-refractivity contribution in [2.75, 3.05) is 12.4 Å². The molecule has 0 aliphatic carbocycles. The summed E-state index contributed by atoms with van der Waals surface area (Å²) < 4.78 is 19.5. The Morgan fingerprint density at radius 2 is 1.78 bits per heavy atom. The van der Waals surface area contributed by atoms with E-state index in [2.05, 4.69) is 27.4 Å². The third-order valence-corrected chi connectivity index (χ3v) is 7.53. The molecular formula is C30H31N5O5S. The molecule has 0 bridgehead atoms. The van der Waals surface area contributed by atoms with Gasteiger partial charge >= 0.3 is 6.09 Å². The molecule has 0 unspecified atom stereocenters. The van der Waals surface area contributed by atoms with Gasteiger partial charge < -0.3 is 24.6 Å². The van der Waals surface area contributed by atoms with Gasteiger partial charge in [0, 0.05) is 24.3 Å². The van der Waals surface area contributed by atoms with Crippen molar-refractivity contribution >= 4 is 17.9 Å². The molecule has 11 heteroatoms. The normalized spacial score (nSPS) is 18.5. The molecule has 1 aromatic heterocycles. The zero-order valence-electron chi connectivity index (χ0n) is 22.3. The number of benzene rings is 3. The van der Waals surface area contributed by atoms with Gasteiger partial charge in [0.05, 0.1) is 24.5 Å². The fourth-order valence-electron chi connectivity index (χ4n) is 4.34. The molecule has 3 atom stereocenters. The summed E-state index contributed by atoms with van der Waals surface area (Å²) in [5, 5.41) is 25.1. The Kier molecular flexibility index (Phi) is 9.76. The lowest BCUT2D eigenvalue weighted by Gasteiger charge is -2.36. The third kappa shape index (κ3) is 7.59. The zero-order valence-corrected chi connectivity index (χ0v) is 23.2. The molecular weight excluding hydrogens is 542 g/mol. The smallest absolute Gasteiger partial charge is 0.407 e. The molecule has 2 heterocycles. The topological polar surface area (TPSA) is 121 Å². The minimum atomic E-state index is -0.596. The lowest BCUT2D eigenvalue weighted by atomic mass is 10.0. The summed E-state index contributed by atoms with van der Waals surface area (Å²) in [4.78, 5) is 11.7. The van der Waals surface area contributed by atoms with Crippen LogP contribution >= 0.6 is 11.8 Å². The maximum Gasteiger partial charge on any atom is 0.407 e. The highest BCUT2D eigenvalue weighted by Gasteiger charge is 2.32. The standard InChI is InChI=1S/C30H31N5O5S/c1-2-16-38-30(37)31-18-21-8-14-24(15-9-21)28-39-26(17-27(40-28)23-12-10-22(19-36)11-13-23)20-41-29-32-33-34-35(29)25-6-4-3-5-7-25/h2-15,26-28,36H,1,16-20H2,(H,31,37)/t26-,27+,28+/m1/s1. The molecule has 10 nitrogen and oxygen atoms in total. The average molecular weight is 574 g/mol.